The van der Waals surface area contributed by atoms with Gasteiger partial charge in [-0.15, -0.1) is 0 Å². The largest absolute Gasteiger partial charge is 0.396 e. The Balaban J connectivity index is 0. The molecule has 0 saturated heterocycles. The van der Waals surface area contributed by atoms with E-state index in [4.69, 9.17) is 9.84 Å². The molecule has 0 fully saturated rings. The number of hydrogen-bond donors (Lipinski definition) is 1. The highest BCUT2D eigenvalue weighted by Gasteiger charge is 1.96. The third-order valence-corrected chi connectivity index (χ3v) is 1.13. The van der Waals surface area contributed by atoms with Gasteiger partial charge in [0.25, 0.3) is 0 Å². The Hall–Kier alpha value is -0.0800. The van der Waals surface area contributed by atoms with Gasteiger partial charge in [0, 0.05) is 20.3 Å². The lowest BCUT2D eigenvalue weighted by atomic mass is 10.1. The third kappa shape index (κ3) is 10.8. The van der Waals surface area contributed by atoms with Crippen molar-refractivity contribution in [3.05, 3.63) is 0 Å². The van der Waals surface area contributed by atoms with Crippen molar-refractivity contribution in [1.29, 1.82) is 0 Å². The van der Waals surface area contributed by atoms with Gasteiger partial charge in [0.2, 0.25) is 0 Å². The highest BCUT2D eigenvalue weighted by molar-refractivity contribution is 4.46. The van der Waals surface area contributed by atoms with Crippen LogP contribution in [-0.4, -0.2) is 25.4 Å². The summed E-state index contributed by atoms with van der Waals surface area (Å²) in [6.07, 6.45) is 0.951. The van der Waals surface area contributed by atoms with E-state index in [-0.39, 0.29) is 6.61 Å². The van der Waals surface area contributed by atoms with Crippen molar-refractivity contribution in [2.75, 3.05) is 20.3 Å². The zero-order valence-electron chi connectivity index (χ0n) is 7.55. The molecule has 1 atom stereocenters. The lowest BCUT2D eigenvalue weighted by molar-refractivity contribution is 0.154. The van der Waals surface area contributed by atoms with Crippen LogP contribution in [0, 0.1) is 5.92 Å². The second-order valence-electron chi connectivity index (χ2n) is 2.07. The molecule has 64 valence electrons. The predicted octanol–water partition coefficient (Wildman–Crippen LogP) is 1.68. The van der Waals surface area contributed by atoms with Crippen LogP contribution in [0.3, 0.4) is 0 Å². The topological polar surface area (TPSA) is 29.5 Å². The van der Waals surface area contributed by atoms with E-state index in [0.717, 1.165) is 13.0 Å². The lowest BCUT2D eigenvalue weighted by Gasteiger charge is -2.04. The average molecular weight is 148 g/mol. The van der Waals surface area contributed by atoms with Gasteiger partial charge < -0.3 is 9.84 Å². The van der Waals surface area contributed by atoms with Gasteiger partial charge >= 0.3 is 0 Å². The van der Waals surface area contributed by atoms with Gasteiger partial charge in [0.1, 0.15) is 0 Å². The maximum absolute atomic E-state index is 8.51. The van der Waals surface area contributed by atoms with Crippen molar-refractivity contribution in [2.24, 2.45) is 5.92 Å². The number of methoxy groups -OCH3 is 1. The molecule has 0 saturated carbocycles. The van der Waals surface area contributed by atoms with Gasteiger partial charge in [-0.05, 0) is 12.3 Å². The summed E-state index contributed by atoms with van der Waals surface area (Å²) >= 11 is 0. The van der Waals surface area contributed by atoms with E-state index in [1.54, 1.807) is 7.11 Å². The van der Waals surface area contributed by atoms with E-state index >= 15 is 0 Å². The normalized spacial score (nSPS) is 11.7. The molecule has 0 aliphatic rings. The molecule has 10 heavy (non-hydrogen) atoms. The molecule has 1 N–H and O–H groups in total. The molecule has 0 aromatic rings. The van der Waals surface area contributed by atoms with E-state index in [1.165, 1.54) is 0 Å². The van der Waals surface area contributed by atoms with Gasteiger partial charge in [-0.3, -0.25) is 0 Å². The van der Waals surface area contributed by atoms with Gasteiger partial charge in [-0.2, -0.15) is 0 Å². The first kappa shape index (κ1) is 12.6. The van der Waals surface area contributed by atoms with Crippen LogP contribution in [0.4, 0.5) is 0 Å². The summed E-state index contributed by atoms with van der Waals surface area (Å²) in [5.41, 5.74) is 0. The van der Waals surface area contributed by atoms with Gasteiger partial charge in [-0.25, -0.2) is 0 Å². The van der Waals surface area contributed by atoms with E-state index in [0.29, 0.717) is 5.92 Å². The first-order chi connectivity index (χ1) is 4.81. The Bertz CT molecular complexity index is 46.5. The predicted molar refractivity (Wildman–Crippen MR) is 44.1 cm³/mol. The van der Waals surface area contributed by atoms with E-state index in [2.05, 4.69) is 0 Å². The first-order valence-corrected chi connectivity index (χ1v) is 3.91. The van der Waals surface area contributed by atoms with Crippen molar-refractivity contribution < 1.29 is 9.84 Å². The molecule has 0 aliphatic carbocycles. The van der Waals surface area contributed by atoms with Crippen LogP contribution in [0.1, 0.15) is 27.2 Å². The van der Waals surface area contributed by atoms with E-state index in [1.807, 2.05) is 20.8 Å². The summed E-state index contributed by atoms with van der Waals surface area (Å²) in [6, 6.07) is 0. The second kappa shape index (κ2) is 11.7. The molecular formula is C8H20O2. The molecule has 0 amide bonds. The highest BCUT2D eigenvalue weighted by atomic mass is 16.5. The van der Waals surface area contributed by atoms with Crippen LogP contribution in [0.2, 0.25) is 0 Å². The number of hydrogen-bond acceptors (Lipinski definition) is 2. The average Bonchev–Trinajstić information content (AvgIpc) is 2.04. The Labute approximate surface area is 64.2 Å². The molecule has 0 rings (SSSR count). The highest BCUT2D eigenvalue weighted by Crippen LogP contribution is 1.98. The number of rotatable bonds is 4. The van der Waals surface area contributed by atoms with Crippen LogP contribution >= 0.6 is 0 Å². The van der Waals surface area contributed by atoms with E-state index in [9.17, 15) is 0 Å². The van der Waals surface area contributed by atoms with Crippen LogP contribution in [0.15, 0.2) is 0 Å². The third-order valence-electron chi connectivity index (χ3n) is 1.13. The fraction of sp³-hybridized carbons (Fsp3) is 1.00. The summed E-state index contributed by atoms with van der Waals surface area (Å²) in [6.45, 7) is 7.02. The second-order valence-corrected chi connectivity index (χ2v) is 2.07. The summed E-state index contributed by atoms with van der Waals surface area (Å²) in [7, 11) is 1.67. The van der Waals surface area contributed by atoms with Crippen LogP contribution in [-0.2, 0) is 4.74 Å². The number of ether oxygens (including phenoxy) is 1. The molecule has 0 unspecified atom stereocenters. The molecule has 2 nitrogen and oxygen atoms in total. The van der Waals surface area contributed by atoms with Crippen molar-refractivity contribution in [2.45, 2.75) is 27.2 Å². The minimum Gasteiger partial charge on any atom is -0.396 e. The maximum atomic E-state index is 8.51. The van der Waals surface area contributed by atoms with E-state index < -0.39 is 0 Å². The Morgan fingerprint density at radius 3 is 2.20 bits per heavy atom. The summed E-state index contributed by atoms with van der Waals surface area (Å²) in [4.78, 5) is 0. The zero-order chi connectivity index (χ0) is 8.41. The molecule has 0 aromatic carbocycles. The van der Waals surface area contributed by atoms with Gasteiger partial charge in [0.05, 0.1) is 0 Å². The van der Waals surface area contributed by atoms with Crippen molar-refractivity contribution >= 4 is 0 Å². The Kier molecular flexibility index (Phi) is 14.7. The van der Waals surface area contributed by atoms with Crippen molar-refractivity contribution in [3.63, 3.8) is 0 Å². The van der Waals surface area contributed by atoms with Gasteiger partial charge in [-0.1, -0.05) is 20.8 Å². The Morgan fingerprint density at radius 2 is 1.90 bits per heavy atom. The fourth-order valence-electron chi connectivity index (χ4n) is 0.410. The van der Waals surface area contributed by atoms with Gasteiger partial charge in [0.15, 0.2) is 0 Å². The molecule has 0 aliphatic heterocycles. The quantitative estimate of drug-likeness (QED) is 0.657. The molecule has 2 heteroatoms. The number of aliphatic hydroxyl groups is 1. The summed E-state index contributed by atoms with van der Waals surface area (Å²) < 4.78 is 4.80. The molecule has 0 aromatic heterocycles. The first-order valence-electron chi connectivity index (χ1n) is 3.91. The molecule has 0 radical (unpaired) electrons. The standard InChI is InChI=1S/C6H14O2.C2H6/c1-6(5-7)3-4-8-2;1-2/h6-7H,3-5H2,1-2H3;1-2H3/t6-;/m0./s1. The maximum Gasteiger partial charge on any atom is 0.0465 e. The molecule has 0 bridgehead atoms. The summed E-state index contributed by atoms with van der Waals surface area (Å²) in [5, 5.41) is 8.51. The van der Waals surface area contributed by atoms with Crippen molar-refractivity contribution in [3.8, 4) is 0 Å². The molecule has 0 heterocycles. The van der Waals surface area contributed by atoms with Crippen LogP contribution < -0.4 is 0 Å². The molecule has 0 spiro atoms. The monoisotopic (exact) mass is 148 g/mol. The lowest BCUT2D eigenvalue weighted by Crippen LogP contribution is -2.03. The zero-order valence-corrected chi connectivity index (χ0v) is 7.55. The van der Waals surface area contributed by atoms with Crippen LogP contribution in [0.25, 0.3) is 0 Å². The van der Waals surface area contributed by atoms with Crippen LogP contribution in [0.5, 0.6) is 0 Å². The molecular weight excluding hydrogens is 128 g/mol. The fourth-order valence-corrected chi connectivity index (χ4v) is 0.410. The number of aliphatic hydroxyl groups excluding tert-OH is 1. The summed E-state index contributed by atoms with van der Waals surface area (Å²) in [5.74, 6) is 0.384. The minimum absolute atomic E-state index is 0.267. The SMILES string of the molecule is CC.COCC[C@H](C)CO. The van der Waals surface area contributed by atoms with Crippen molar-refractivity contribution in [1.82, 2.24) is 0 Å². The minimum atomic E-state index is 0.267. The Morgan fingerprint density at radius 1 is 1.40 bits per heavy atom. The smallest absolute Gasteiger partial charge is 0.0465 e.